The van der Waals surface area contributed by atoms with Crippen LogP contribution in [0.4, 0.5) is 0 Å². The van der Waals surface area contributed by atoms with Crippen molar-refractivity contribution in [2.45, 2.75) is 5.92 Å². The zero-order chi connectivity index (χ0) is 21.3. The zero-order valence-corrected chi connectivity index (χ0v) is 16.7. The molecule has 8 nitrogen and oxygen atoms in total. The minimum atomic E-state index is -0.854. The maximum Gasteiger partial charge on any atom is 0.244 e. The molecule has 2 unspecified atom stereocenters. The maximum atomic E-state index is 9.89. The van der Waals surface area contributed by atoms with Gasteiger partial charge in [0.05, 0.1) is 38.7 Å². The molecule has 0 bridgehead atoms. The molecule has 152 valence electrons. The Morgan fingerprint density at radius 3 is 2.47 bits per heavy atom. The highest BCUT2D eigenvalue weighted by molar-refractivity contribution is 5.87. The number of nitrogens with one attached hydrogen (secondary N) is 2. The van der Waals surface area contributed by atoms with Crippen LogP contribution < -0.4 is 18.9 Å². The number of fused-ring (bicyclic) bond motifs is 1. The van der Waals surface area contributed by atoms with E-state index in [1.807, 2.05) is 36.4 Å². The van der Waals surface area contributed by atoms with E-state index >= 15 is 0 Å². The van der Waals surface area contributed by atoms with E-state index in [2.05, 4.69) is 16.3 Å². The molecule has 1 aromatic heterocycles. The number of benzene rings is 2. The fourth-order valence-electron chi connectivity index (χ4n) is 3.79. The summed E-state index contributed by atoms with van der Waals surface area (Å²) in [5.74, 6) is 0.500. The first kappa shape index (κ1) is 19.3. The fourth-order valence-corrected chi connectivity index (χ4v) is 3.79. The molecule has 4 rings (SSSR count). The van der Waals surface area contributed by atoms with Crippen LogP contribution in [-0.2, 0) is 0 Å². The summed E-state index contributed by atoms with van der Waals surface area (Å²) in [5.41, 5.74) is 2.96. The van der Waals surface area contributed by atoms with Crippen molar-refractivity contribution in [3.63, 3.8) is 0 Å². The topological polar surface area (TPSA) is 113 Å². The monoisotopic (exact) mass is 404 g/mol. The highest BCUT2D eigenvalue weighted by Crippen LogP contribution is 2.49. The van der Waals surface area contributed by atoms with Gasteiger partial charge in [0.1, 0.15) is 11.7 Å². The van der Waals surface area contributed by atoms with Crippen molar-refractivity contribution in [1.29, 1.82) is 10.7 Å². The molecule has 2 heterocycles. The minimum Gasteiger partial charge on any atom is -0.497 e. The molecule has 0 spiro atoms. The van der Waals surface area contributed by atoms with Crippen LogP contribution in [0.3, 0.4) is 0 Å². The molecule has 30 heavy (non-hydrogen) atoms. The second-order valence-corrected chi connectivity index (χ2v) is 6.68. The van der Waals surface area contributed by atoms with Crippen molar-refractivity contribution in [2.24, 2.45) is 5.92 Å². The molecule has 0 saturated heterocycles. The lowest BCUT2D eigenvalue weighted by Crippen LogP contribution is -2.31. The summed E-state index contributed by atoms with van der Waals surface area (Å²) in [6, 6.07) is 15.2. The Morgan fingerprint density at radius 1 is 1.07 bits per heavy atom. The number of aromatic amines is 1. The first-order chi connectivity index (χ1) is 14.6. The lowest BCUT2D eigenvalue weighted by molar-refractivity contribution is 0.347. The molecule has 8 heteroatoms. The van der Waals surface area contributed by atoms with E-state index in [1.165, 1.54) is 0 Å². The van der Waals surface area contributed by atoms with Gasteiger partial charge in [-0.3, -0.25) is 10.5 Å². The van der Waals surface area contributed by atoms with Crippen LogP contribution in [-0.4, -0.2) is 37.4 Å². The summed E-state index contributed by atoms with van der Waals surface area (Å²) in [4.78, 5) is 0. The first-order valence-corrected chi connectivity index (χ1v) is 9.22. The lowest BCUT2D eigenvalue weighted by atomic mass is 9.78. The smallest absolute Gasteiger partial charge is 0.244 e. The Morgan fingerprint density at radius 2 is 1.83 bits per heavy atom. The number of hydrogen-bond donors (Lipinski definition) is 2. The van der Waals surface area contributed by atoms with Crippen LogP contribution in [0.1, 0.15) is 17.0 Å². The predicted molar refractivity (Wildman–Crippen MR) is 109 cm³/mol. The fraction of sp³-hybridized carbons (Fsp3) is 0.227. The molecule has 2 N–H and O–H groups in total. The molecular weight excluding hydrogens is 384 g/mol. The summed E-state index contributed by atoms with van der Waals surface area (Å²) in [5, 5.41) is 25.4. The number of aromatic nitrogens is 2. The van der Waals surface area contributed by atoms with Gasteiger partial charge in [0.15, 0.2) is 11.5 Å². The van der Waals surface area contributed by atoms with Gasteiger partial charge in [-0.15, -0.1) is 5.10 Å². The van der Waals surface area contributed by atoms with E-state index in [1.54, 1.807) is 27.4 Å². The Balaban J connectivity index is 1.95. The number of hydrogen-bond acceptors (Lipinski definition) is 7. The summed E-state index contributed by atoms with van der Waals surface area (Å²) in [7, 11) is 4.71. The molecule has 0 amide bonds. The number of nitrogens with zero attached hydrogens (tertiary/aromatic N) is 2. The Kier molecular flexibility index (Phi) is 5.02. The van der Waals surface area contributed by atoms with E-state index in [0.717, 1.165) is 11.3 Å². The molecular formula is C22H20N4O4. The van der Waals surface area contributed by atoms with Gasteiger partial charge in [-0.25, -0.2) is 0 Å². The number of rotatable bonds is 5. The number of ether oxygens (including phenoxy) is 4. The van der Waals surface area contributed by atoms with Crippen molar-refractivity contribution in [3.8, 4) is 40.5 Å². The quantitative estimate of drug-likeness (QED) is 0.670. The molecule has 3 aromatic rings. The van der Waals surface area contributed by atoms with Gasteiger partial charge in [0, 0.05) is 17.0 Å². The average molecular weight is 404 g/mol. The highest BCUT2D eigenvalue weighted by atomic mass is 16.5. The maximum absolute atomic E-state index is 9.89. The van der Waals surface area contributed by atoms with Gasteiger partial charge in [-0.05, 0) is 30.3 Å². The standard InChI is InChI=1S/C22H20N4O4/c1-27-13-9-7-12(8-10-13)19-18-17(14-5-4-6-16(28-2)20(14)29-3)15(11-23)21(24)30-22(18)26-25-19/h4-10,15,17,24H,1-3H3,(H,25,26). The zero-order valence-electron chi connectivity index (χ0n) is 16.7. The largest absolute Gasteiger partial charge is 0.497 e. The van der Waals surface area contributed by atoms with E-state index in [9.17, 15) is 5.26 Å². The molecule has 1 aliphatic heterocycles. The van der Waals surface area contributed by atoms with E-state index in [4.69, 9.17) is 24.4 Å². The molecule has 2 atom stereocenters. The van der Waals surface area contributed by atoms with Crippen LogP contribution >= 0.6 is 0 Å². The predicted octanol–water partition coefficient (Wildman–Crippen LogP) is 3.74. The Hall–Kier alpha value is -3.99. The summed E-state index contributed by atoms with van der Waals surface area (Å²) < 4.78 is 21.9. The summed E-state index contributed by atoms with van der Waals surface area (Å²) >= 11 is 0. The van der Waals surface area contributed by atoms with Crippen LogP contribution in [0.2, 0.25) is 0 Å². The van der Waals surface area contributed by atoms with Gasteiger partial charge >= 0.3 is 0 Å². The van der Waals surface area contributed by atoms with E-state index in [-0.39, 0.29) is 11.8 Å². The third kappa shape index (κ3) is 3.01. The van der Waals surface area contributed by atoms with Crippen LogP contribution in [0.5, 0.6) is 23.1 Å². The van der Waals surface area contributed by atoms with E-state index in [0.29, 0.717) is 28.3 Å². The molecule has 1 aliphatic rings. The lowest BCUT2D eigenvalue weighted by Gasteiger charge is -2.29. The molecule has 0 aliphatic carbocycles. The molecule has 0 radical (unpaired) electrons. The normalized spacial score (nSPS) is 17.5. The highest BCUT2D eigenvalue weighted by Gasteiger charge is 2.42. The number of methoxy groups -OCH3 is 3. The van der Waals surface area contributed by atoms with E-state index < -0.39 is 11.8 Å². The summed E-state index contributed by atoms with van der Waals surface area (Å²) in [6.07, 6.45) is 0. The first-order valence-electron chi connectivity index (χ1n) is 9.22. The number of nitriles is 1. The SMILES string of the molecule is COc1ccc(-c2[nH]nc3c2C(c2cccc(OC)c2OC)C(C#N)C(=N)O3)cc1. The average Bonchev–Trinajstić information content (AvgIpc) is 3.20. The third-order valence-electron chi connectivity index (χ3n) is 5.19. The van der Waals surface area contributed by atoms with Gasteiger partial charge in [0.2, 0.25) is 11.8 Å². The summed E-state index contributed by atoms with van der Waals surface area (Å²) in [6.45, 7) is 0. The van der Waals surface area contributed by atoms with Crippen molar-refractivity contribution < 1.29 is 18.9 Å². The third-order valence-corrected chi connectivity index (χ3v) is 5.19. The van der Waals surface area contributed by atoms with Crippen molar-refractivity contribution in [3.05, 3.63) is 53.6 Å². The molecule has 0 fully saturated rings. The van der Waals surface area contributed by atoms with Gasteiger partial charge in [-0.1, -0.05) is 12.1 Å². The van der Waals surface area contributed by atoms with Gasteiger partial charge in [0.25, 0.3) is 0 Å². The minimum absolute atomic E-state index is 0.160. The Labute approximate surface area is 173 Å². The molecule has 0 saturated carbocycles. The number of para-hydroxylation sites is 1. The van der Waals surface area contributed by atoms with Crippen molar-refractivity contribution >= 4 is 5.90 Å². The van der Waals surface area contributed by atoms with Crippen molar-refractivity contribution in [1.82, 2.24) is 10.2 Å². The molecule has 2 aromatic carbocycles. The van der Waals surface area contributed by atoms with Crippen LogP contribution in [0.25, 0.3) is 11.3 Å². The second kappa shape index (κ2) is 7.79. The van der Waals surface area contributed by atoms with Gasteiger partial charge < -0.3 is 18.9 Å². The van der Waals surface area contributed by atoms with Crippen molar-refractivity contribution in [2.75, 3.05) is 21.3 Å². The number of H-pyrrole nitrogens is 1. The Bertz CT molecular complexity index is 1130. The second-order valence-electron chi connectivity index (χ2n) is 6.68. The van der Waals surface area contributed by atoms with Crippen LogP contribution in [0, 0.1) is 22.7 Å². The van der Waals surface area contributed by atoms with Crippen LogP contribution in [0.15, 0.2) is 42.5 Å². The van der Waals surface area contributed by atoms with Gasteiger partial charge in [-0.2, -0.15) is 5.26 Å².